The number of benzene rings is 4. The van der Waals surface area contributed by atoms with Crippen LogP contribution in [0.3, 0.4) is 0 Å². The molecule has 0 unspecified atom stereocenters. The van der Waals surface area contributed by atoms with Gasteiger partial charge < -0.3 is 14.4 Å². The fourth-order valence-corrected chi connectivity index (χ4v) is 3.87. The summed E-state index contributed by atoms with van der Waals surface area (Å²) in [5.74, 6) is 1.60. The van der Waals surface area contributed by atoms with Gasteiger partial charge in [-0.2, -0.15) is 5.26 Å². The predicted molar refractivity (Wildman–Crippen MR) is 142 cm³/mol. The number of nitrogens with zero attached hydrogens (tertiary/aromatic N) is 2. The summed E-state index contributed by atoms with van der Waals surface area (Å²) in [4.78, 5) is 2.16. The van der Waals surface area contributed by atoms with E-state index in [1.807, 2.05) is 91.0 Å². The zero-order valence-electron chi connectivity index (χ0n) is 18.9. The first-order valence-corrected chi connectivity index (χ1v) is 11.5. The molecule has 0 fully saturated rings. The summed E-state index contributed by atoms with van der Waals surface area (Å²) < 4.78 is 11.6. The monoisotopic (exact) mass is 510 g/mol. The fraction of sp³-hybridized carbons (Fsp3) is 0.0690. The summed E-state index contributed by atoms with van der Waals surface area (Å²) in [5.41, 5.74) is 5.45. The molecule has 0 amide bonds. The second-order valence-electron chi connectivity index (χ2n) is 7.50. The first-order chi connectivity index (χ1) is 16.6. The molecule has 4 nitrogen and oxygen atoms in total. The lowest BCUT2D eigenvalue weighted by Gasteiger charge is -2.26. The second-order valence-corrected chi connectivity index (χ2v) is 8.42. The SMILES string of the molecule is COc1ccc(N(c2ccc(/C=C(\C#N)c3ccc(Br)cc3)cc2)c2ccc(OC)cc2)cc1. The third-order valence-electron chi connectivity index (χ3n) is 5.40. The van der Waals surface area contributed by atoms with Crippen molar-refractivity contribution in [2.45, 2.75) is 0 Å². The maximum atomic E-state index is 9.68. The third-order valence-corrected chi connectivity index (χ3v) is 5.93. The van der Waals surface area contributed by atoms with Crippen molar-refractivity contribution >= 4 is 44.6 Å². The third kappa shape index (κ3) is 5.31. The number of ether oxygens (including phenoxy) is 2. The van der Waals surface area contributed by atoms with Crippen LogP contribution in [-0.4, -0.2) is 14.2 Å². The van der Waals surface area contributed by atoms with Gasteiger partial charge in [0.1, 0.15) is 11.5 Å². The van der Waals surface area contributed by atoms with E-state index in [1.54, 1.807) is 14.2 Å². The highest BCUT2D eigenvalue weighted by Gasteiger charge is 2.13. The lowest BCUT2D eigenvalue weighted by Crippen LogP contribution is -2.09. The Labute approximate surface area is 208 Å². The molecule has 168 valence electrons. The summed E-state index contributed by atoms with van der Waals surface area (Å²) in [6.45, 7) is 0. The van der Waals surface area contributed by atoms with Crippen molar-refractivity contribution in [2.75, 3.05) is 19.1 Å². The molecule has 0 aliphatic heterocycles. The topological polar surface area (TPSA) is 45.5 Å². The van der Waals surface area contributed by atoms with Crippen molar-refractivity contribution in [3.8, 4) is 17.6 Å². The number of halogens is 1. The Kier molecular flexibility index (Phi) is 7.31. The molecular formula is C29H23BrN2O2. The van der Waals surface area contributed by atoms with Crippen LogP contribution in [0.4, 0.5) is 17.1 Å². The Balaban J connectivity index is 1.70. The highest BCUT2D eigenvalue weighted by atomic mass is 79.9. The van der Waals surface area contributed by atoms with E-state index in [9.17, 15) is 5.26 Å². The minimum Gasteiger partial charge on any atom is -0.497 e. The molecule has 0 atom stereocenters. The van der Waals surface area contributed by atoms with Crippen molar-refractivity contribution in [1.29, 1.82) is 5.26 Å². The average molecular weight is 511 g/mol. The Morgan fingerprint density at radius 3 is 1.56 bits per heavy atom. The zero-order chi connectivity index (χ0) is 23.9. The van der Waals surface area contributed by atoms with Crippen molar-refractivity contribution in [2.24, 2.45) is 0 Å². The van der Waals surface area contributed by atoms with Gasteiger partial charge in [-0.05, 0) is 90.0 Å². The van der Waals surface area contributed by atoms with E-state index in [2.05, 4.69) is 39.0 Å². The van der Waals surface area contributed by atoms with Crippen LogP contribution in [0.5, 0.6) is 11.5 Å². The highest BCUT2D eigenvalue weighted by molar-refractivity contribution is 9.10. The van der Waals surface area contributed by atoms with Gasteiger partial charge in [-0.3, -0.25) is 0 Å². The van der Waals surface area contributed by atoms with Crippen LogP contribution in [0.25, 0.3) is 11.6 Å². The Morgan fingerprint density at radius 2 is 1.15 bits per heavy atom. The van der Waals surface area contributed by atoms with Crippen molar-refractivity contribution in [3.05, 3.63) is 113 Å². The smallest absolute Gasteiger partial charge is 0.119 e. The molecule has 0 aliphatic carbocycles. The van der Waals surface area contributed by atoms with Gasteiger partial charge in [0.25, 0.3) is 0 Å². The highest BCUT2D eigenvalue weighted by Crippen LogP contribution is 2.36. The van der Waals surface area contributed by atoms with Gasteiger partial charge in [-0.1, -0.05) is 40.2 Å². The minimum absolute atomic E-state index is 0.613. The zero-order valence-corrected chi connectivity index (χ0v) is 20.5. The molecule has 0 N–H and O–H groups in total. The molecule has 5 heteroatoms. The molecule has 0 aliphatic rings. The minimum atomic E-state index is 0.613. The normalized spacial score (nSPS) is 10.9. The molecule has 4 rings (SSSR count). The van der Waals surface area contributed by atoms with E-state index in [1.165, 1.54) is 0 Å². The molecule has 0 spiro atoms. The molecule has 0 radical (unpaired) electrons. The van der Waals surface area contributed by atoms with Crippen LogP contribution in [0.2, 0.25) is 0 Å². The van der Waals surface area contributed by atoms with E-state index in [-0.39, 0.29) is 0 Å². The lowest BCUT2D eigenvalue weighted by atomic mass is 10.0. The number of anilines is 3. The second kappa shape index (κ2) is 10.7. The first-order valence-electron chi connectivity index (χ1n) is 10.7. The number of rotatable bonds is 7. The van der Waals surface area contributed by atoms with Crippen LogP contribution >= 0.6 is 15.9 Å². The van der Waals surface area contributed by atoms with E-state index in [0.717, 1.165) is 44.2 Å². The summed E-state index contributed by atoms with van der Waals surface area (Å²) in [5, 5.41) is 9.68. The van der Waals surface area contributed by atoms with Crippen molar-refractivity contribution in [1.82, 2.24) is 0 Å². The number of hydrogen-bond donors (Lipinski definition) is 0. The standard InChI is InChI=1S/C29H23BrN2O2/c1-33-28-15-11-26(12-16-28)32(27-13-17-29(34-2)18-14-27)25-9-3-21(4-10-25)19-23(20-31)22-5-7-24(30)8-6-22/h3-19H,1-2H3/b23-19+. The lowest BCUT2D eigenvalue weighted by molar-refractivity contribution is 0.415. The first kappa shape index (κ1) is 23.2. The van der Waals surface area contributed by atoms with Crippen LogP contribution in [-0.2, 0) is 0 Å². The number of allylic oxidation sites excluding steroid dienone is 1. The summed E-state index contributed by atoms with van der Waals surface area (Å²) >= 11 is 3.44. The summed E-state index contributed by atoms with van der Waals surface area (Å²) in [6, 6.07) is 34.1. The van der Waals surface area contributed by atoms with Crippen LogP contribution < -0.4 is 14.4 Å². The summed E-state index contributed by atoms with van der Waals surface area (Å²) in [7, 11) is 3.32. The van der Waals surface area contributed by atoms with Crippen LogP contribution in [0.15, 0.2) is 102 Å². The number of nitriles is 1. The van der Waals surface area contributed by atoms with Gasteiger partial charge >= 0.3 is 0 Å². The van der Waals surface area contributed by atoms with Gasteiger partial charge in [-0.15, -0.1) is 0 Å². The molecule has 34 heavy (non-hydrogen) atoms. The molecule has 0 aromatic heterocycles. The van der Waals surface area contributed by atoms with Gasteiger partial charge in [-0.25, -0.2) is 0 Å². The van der Waals surface area contributed by atoms with Crippen molar-refractivity contribution < 1.29 is 9.47 Å². The molecular weight excluding hydrogens is 488 g/mol. The van der Waals surface area contributed by atoms with Gasteiger partial charge in [0.2, 0.25) is 0 Å². The molecule has 0 saturated heterocycles. The van der Waals surface area contributed by atoms with E-state index >= 15 is 0 Å². The Morgan fingerprint density at radius 1 is 0.706 bits per heavy atom. The van der Waals surface area contributed by atoms with Gasteiger partial charge in [0.15, 0.2) is 0 Å². The van der Waals surface area contributed by atoms with E-state index in [0.29, 0.717) is 5.57 Å². The van der Waals surface area contributed by atoms with Gasteiger partial charge in [0.05, 0.1) is 25.9 Å². The average Bonchev–Trinajstić information content (AvgIpc) is 2.89. The van der Waals surface area contributed by atoms with Crippen LogP contribution in [0, 0.1) is 11.3 Å². The fourth-order valence-electron chi connectivity index (χ4n) is 3.61. The number of methoxy groups -OCH3 is 2. The molecule has 0 saturated carbocycles. The largest absolute Gasteiger partial charge is 0.497 e. The van der Waals surface area contributed by atoms with Crippen LogP contribution in [0.1, 0.15) is 11.1 Å². The maximum Gasteiger partial charge on any atom is 0.119 e. The van der Waals surface area contributed by atoms with Crippen molar-refractivity contribution in [3.63, 3.8) is 0 Å². The quantitative estimate of drug-likeness (QED) is 0.186. The Hall–Kier alpha value is -4.01. The van der Waals surface area contributed by atoms with E-state index < -0.39 is 0 Å². The molecule has 0 bridgehead atoms. The van der Waals surface area contributed by atoms with E-state index in [4.69, 9.17) is 9.47 Å². The number of hydrogen-bond acceptors (Lipinski definition) is 4. The summed E-state index contributed by atoms with van der Waals surface area (Å²) in [6.07, 6.45) is 1.90. The van der Waals surface area contributed by atoms with Gasteiger partial charge in [0, 0.05) is 21.5 Å². The molecule has 4 aromatic rings. The maximum absolute atomic E-state index is 9.68. The molecule has 4 aromatic carbocycles. The molecule has 0 heterocycles. The predicted octanol–water partition coefficient (Wildman–Crippen LogP) is 8.00. The Bertz CT molecular complexity index is 1260.